The topological polar surface area (TPSA) is 78.0 Å². The van der Waals surface area contributed by atoms with E-state index < -0.39 is 5.97 Å². The van der Waals surface area contributed by atoms with Crippen LogP contribution in [0.1, 0.15) is 43.7 Å². The summed E-state index contributed by atoms with van der Waals surface area (Å²) < 4.78 is 0. The van der Waals surface area contributed by atoms with Crippen molar-refractivity contribution in [3.8, 4) is 0 Å². The third kappa shape index (κ3) is 3.84. The SMILES string of the molecule is CC(C)C(CNCc1cn[nH]c1C(=O)O)C(C)C. The van der Waals surface area contributed by atoms with Crippen LogP contribution in [0, 0.1) is 17.8 Å². The maximum atomic E-state index is 10.9. The van der Waals surface area contributed by atoms with Gasteiger partial charge in [0.05, 0.1) is 6.20 Å². The van der Waals surface area contributed by atoms with Crippen LogP contribution in [-0.4, -0.2) is 27.8 Å². The Morgan fingerprint density at radius 2 is 2.00 bits per heavy atom. The lowest BCUT2D eigenvalue weighted by Gasteiger charge is -2.25. The lowest BCUT2D eigenvalue weighted by Crippen LogP contribution is -2.29. The van der Waals surface area contributed by atoms with Crippen molar-refractivity contribution in [2.45, 2.75) is 34.2 Å². The molecule has 1 rings (SSSR count). The Morgan fingerprint density at radius 3 is 2.50 bits per heavy atom. The van der Waals surface area contributed by atoms with E-state index in [1.165, 1.54) is 0 Å². The second kappa shape index (κ2) is 6.54. The van der Waals surface area contributed by atoms with E-state index in [0.717, 1.165) is 6.54 Å². The van der Waals surface area contributed by atoms with Crippen LogP contribution in [0.25, 0.3) is 0 Å². The number of aromatic amines is 1. The van der Waals surface area contributed by atoms with Gasteiger partial charge >= 0.3 is 5.97 Å². The number of hydrogen-bond acceptors (Lipinski definition) is 3. The molecule has 3 N–H and O–H groups in total. The van der Waals surface area contributed by atoms with E-state index in [1.54, 1.807) is 6.20 Å². The van der Waals surface area contributed by atoms with Crippen LogP contribution < -0.4 is 5.32 Å². The molecular formula is C13H23N3O2. The highest BCUT2D eigenvalue weighted by Crippen LogP contribution is 2.19. The lowest BCUT2D eigenvalue weighted by molar-refractivity contribution is 0.0689. The molecule has 0 saturated carbocycles. The second-order valence-corrected chi connectivity index (χ2v) is 5.36. The van der Waals surface area contributed by atoms with Crippen LogP contribution in [0.5, 0.6) is 0 Å². The standard InChI is InChI=1S/C13H23N3O2/c1-8(2)11(9(3)4)7-14-5-10-6-15-16-12(10)13(17)18/h6,8-9,11,14H,5,7H2,1-4H3,(H,15,16)(H,17,18). The van der Waals surface area contributed by atoms with Gasteiger partial charge in [-0.15, -0.1) is 0 Å². The van der Waals surface area contributed by atoms with Gasteiger partial charge in [0.2, 0.25) is 0 Å². The molecule has 0 amide bonds. The summed E-state index contributed by atoms with van der Waals surface area (Å²) in [4.78, 5) is 10.9. The summed E-state index contributed by atoms with van der Waals surface area (Å²) >= 11 is 0. The van der Waals surface area contributed by atoms with E-state index in [1.807, 2.05) is 0 Å². The molecule has 0 bridgehead atoms. The first-order valence-electron chi connectivity index (χ1n) is 6.39. The number of nitrogens with one attached hydrogen (secondary N) is 2. The molecule has 5 heteroatoms. The highest BCUT2D eigenvalue weighted by atomic mass is 16.4. The molecule has 102 valence electrons. The molecule has 18 heavy (non-hydrogen) atoms. The molecule has 0 radical (unpaired) electrons. The fourth-order valence-corrected chi connectivity index (χ4v) is 2.25. The first-order chi connectivity index (χ1) is 8.43. The Labute approximate surface area is 108 Å². The zero-order valence-corrected chi connectivity index (χ0v) is 11.5. The Bertz CT molecular complexity index is 377. The van der Waals surface area contributed by atoms with Gasteiger partial charge in [-0.3, -0.25) is 5.10 Å². The Hall–Kier alpha value is -1.36. The summed E-state index contributed by atoms with van der Waals surface area (Å²) in [6.45, 7) is 10.3. The number of carboxylic acids is 1. The Balaban J connectivity index is 2.50. The van der Waals surface area contributed by atoms with Crippen molar-refractivity contribution < 1.29 is 9.90 Å². The first-order valence-corrected chi connectivity index (χ1v) is 6.39. The lowest BCUT2D eigenvalue weighted by atomic mass is 9.85. The number of H-pyrrole nitrogens is 1. The van der Waals surface area contributed by atoms with E-state index in [9.17, 15) is 4.79 Å². The number of carbonyl (C=O) groups is 1. The number of nitrogens with zero attached hydrogens (tertiary/aromatic N) is 1. The van der Waals surface area contributed by atoms with Gasteiger partial charge < -0.3 is 10.4 Å². The van der Waals surface area contributed by atoms with Crippen molar-refractivity contribution in [2.24, 2.45) is 17.8 Å². The summed E-state index contributed by atoms with van der Waals surface area (Å²) in [6.07, 6.45) is 1.57. The van der Waals surface area contributed by atoms with Crippen molar-refractivity contribution in [1.82, 2.24) is 15.5 Å². The molecule has 0 aliphatic rings. The summed E-state index contributed by atoms with van der Waals surface area (Å²) in [5, 5.41) is 18.5. The zero-order valence-electron chi connectivity index (χ0n) is 11.5. The highest BCUT2D eigenvalue weighted by molar-refractivity contribution is 5.86. The van der Waals surface area contributed by atoms with Gasteiger partial charge in [0.15, 0.2) is 0 Å². The maximum absolute atomic E-state index is 10.9. The molecule has 0 fully saturated rings. The number of rotatable bonds is 7. The minimum Gasteiger partial charge on any atom is -0.477 e. The number of aromatic carboxylic acids is 1. The minimum atomic E-state index is -0.964. The van der Waals surface area contributed by atoms with E-state index in [0.29, 0.717) is 29.9 Å². The highest BCUT2D eigenvalue weighted by Gasteiger charge is 2.17. The number of hydrogen-bond donors (Lipinski definition) is 3. The molecule has 0 aliphatic heterocycles. The van der Waals surface area contributed by atoms with Crippen LogP contribution in [0.3, 0.4) is 0 Å². The fourth-order valence-electron chi connectivity index (χ4n) is 2.25. The van der Waals surface area contributed by atoms with Gasteiger partial charge in [0, 0.05) is 12.1 Å². The maximum Gasteiger partial charge on any atom is 0.354 e. The Morgan fingerprint density at radius 1 is 1.39 bits per heavy atom. The molecule has 0 aliphatic carbocycles. The largest absolute Gasteiger partial charge is 0.477 e. The minimum absolute atomic E-state index is 0.174. The van der Waals surface area contributed by atoms with Crippen LogP contribution >= 0.6 is 0 Å². The molecule has 1 heterocycles. The smallest absolute Gasteiger partial charge is 0.354 e. The molecule has 1 aromatic heterocycles. The first kappa shape index (κ1) is 14.7. The molecule has 1 aromatic rings. The quantitative estimate of drug-likeness (QED) is 0.695. The van der Waals surface area contributed by atoms with Crippen LogP contribution in [0.2, 0.25) is 0 Å². The van der Waals surface area contributed by atoms with Crippen molar-refractivity contribution in [3.63, 3.8) is 0 Å². The van der Waals surface area contributed by atoms with E-state index >= 15 is 0 Å². The number of aromatic nitrogens is 2. The van der Waals surface area contributed by atoms with Crippen LogP contribution in [-0.2, 0) is 6.54 Å². The molecular weight excluding hydrogens is 230 g/mol. The molecule has 0 aromatic carbocycles. The van der Waals surface area contributed by atoms with Gasteiger partial charge in [-0.2, -0.15) is 5.10 Å². The number of carboxylic acid groups (broad SMARTS) is 1. The Kier molecular flexibility index (Phi) is 5.34. The van der Waals surface area contributed by atoms with Gasteiger partial charge in [0.25, 0.3) is 0 Å². The van der Waals surface area contributed by atoms with Gasteiger partial charge in [0.1, 0.15) is 5.69 Å². The third-order valence-electron chi connectivity index (χ3n) is 3.34. The van der Waals surface area contributed by atoms with Crippen molar-refractivity contribution in [2.75, 3.05) is 6.54 Å². The van der Waals surface area contributed by atoms with Gasteiger partial charge in [-0.1, -0.05) is 27.7 Å². The monoisotopic (exact) mass is 253 g/mol. The predicted molar refractivity (Wildman–Crippen MR) is 70.4 cm³/mol. The van der Waals surface area contributed by atoms with Crippen LogP contribution in [0.15, 0.2) is 6.20 Å². The molecule has 5 nitrogen and oxygen atoms in total. The van der Waals surface area contributed by atoms with E-state index in [4.69, 9.17) is 5.11 Å². The predicted octanol–water partition coefficient (Wildman–Crippen LogP) is 2.13. The van der Waals surface area contributed by atoms with Gasteiger partial charge in [-0.05, 0) is 24.3 Å². The van der Waals surface area contributed by atoms with E-state index in [-0.39, 0.29) is 5.69 Å². The van der Waals surface area contributed by atoms with Crippen molar-refractivity contribution in [3.05, 3.63) is 17.5 Å². The summed E-state index contributed by atoms with van der Waals surface area (Å²) in [6, 6.07) is 0. The molecule has 0 unspecified atom stereocenters. The summed E-state index contributed by atoms with van der Waals surface area (Å²) in [5.74, 6) is 0.848. The zero-order chi connectivity index (χ0) is 13.7. The van der Waals surface area contributed by atoms with Gasteiger partial charge in [-0.25, -0.2) is 4.79 Å². The average Bonchev–Trinajstić information content (AvgIpc) is 2.71. The summed E-state index contributed by atoms with van der Waals surface area (Å²) in [5.41, 5.74) is 0.877. The molecule has 0 spiro atoms. The van der Waals surface area contributed by atoms with Crippen molar-refractivity contribution in [1.29, 1.82) is 0 Å². The molecule has 0 saturated heterocycles. The molecule has 0 atom stereocenters. The van der Waals surface area contributed by atoms with E-state index in [2.05, 4.69) is 43.2 Å². The second-order valence-electron chi connectivity index (χ2n) is 5.36. The summed E-state index contributed by atoms with van der Waals surface area (Å²) in [7, 11) is 0. The van der Waals surface area contributed by atoms with Crippen molar-refractivity contribution >= 4 is 5.97 Å². The fraction of sp³-hybridized carbons (Fsp3) is 0.692. The normalized spacial score (nSPS) is 11.7. The third-order valence-corrected chi connectivity index (χ3v) is 3.34. The van der Waals surface area contributed by atoms with Crippen LogP contribution in [0.4, 0.5) is 0 Å². The average molecular weight is 253 g/mol.